The molecular weight excluding hydrogens is 254 g/mol. The Morgan fingerprint density at radius 3 is 2.70 bits per heavy atom. The Labute approximate surface area is 120 Å². The highest BCUT2D eigenvalue weighted by Crippen LogP contribution is 2.15. The SMILES string of the molecule is Cc1ccccc1C(=O)CN1CCC(OCCO)CC1. The number of carbonyl (C=O) groups is 1. The summed E-state index contributed by atoms with van der Waals surface area (Å²) < 4.78 is 5.53. The first-order chi connectivity index (χ1) is 9.70. The van der Waals surface area contributed by atoms with E-state index in [9.17, 15) is 4.79 Å². The van der Waals surface area contributed by atoms with Crippen molar-refractivity contribution in [2.75, 3.05) is 32.8 Å². The Hall–Kier alpha value is -1.23. The molecule has 4 nitrogen and oxygen atoms in total. The van der Waals surface area contributed by atoms with Crippen LogP contribution in [0.15, 0.2) is 24.3 Å². The molecule has 0 spiro atoms. The summed E-state index contributed by atoms with van der Waals surface area (Å²) in [4.78, 5) is 14.5. The number of aliphatic hydroxyl groups excluding tert-OH is 1. The van der Waals surface area contributed by atoms with Gasteiger partial charge in [0.05, 0.1) is 25.9 Å². The van der Waals surface area contributed by atoms with Gasteiger partial charge in [0.15, 0.2) is 5.78 Å². The molecule has 0 radical (unpaired) electrons. The number of Topliss-reactive ketones (excluding diaryl/α,β-unsaturated/α-hetero) is 1. The summed E-state index contributed by atoms with van der Waals surface area (Å²) in [6, 6.07) is 7.74. The number of likely N-dealkylation sites (tertiary alicyclic amines) is 1. The molecule has 1 N–H and O–H groups in total. The topological polar surface area (TPSA) is 49.8 Å². The van der Waals surface area contributed by atoms with Gasteiger partial charge >= 0.3 is 0 Å². The van der Waals surface area contributed by atoms with E-state index in [1.807, 2.05) is 31.2 Å². The lowest BCUT2D eigenvalue weighted by Gasteiger charge is -2.31. The third-order valence-corrected chi connectivity index (χ3v) is 3.79. The minimum atomic E-state index is 0.0754. The molecule has 0 bridgehead atoms. The van der Waals surface area contributed by atoms with Crippen molar-refractivity contribution in [3.8, 4) is 0 Å². The van der Waals surface area contributed by atoms with Crippen LogP contribution in [0.1, 0.15) is 28.8 Å². The Morgan fingerprint density at radius 2 is 2.05 bits per heavy atom. The van der Waals surface area contributed by atoms with E-state index in [0.717, 1.165) is 37.1 Å². The zero-order valence-electron chi connectivity index (χ0n) is 12.0. The predicted octanol–water partition coefficient (Wildman–Crippen LogP) is 1.65. The van der Waals surface area contributed by atoms with Crippen molar-refractivity contribution >= 4 is 5.78 Å². The van der Waals surface area contributed by atoms with Gasteiger partial charge in [0.25, 0.3) is 0 Å². The number of ketones is 1. The van der Waals surface area contributed by atoms with E-state index in [1.165, 1.54) is 0 Å². The summed E-state index contributed by atoms with van der Waals surface area (Å²) in [5.41, 5.74) is 1.87. The van der Waals surface area contributed by atoms with Gasteiger partial charge in [-0.05, 0) is 25.3 Å². The van der Waals surface area contributed by atoms with Gasteiger partial charge in [0.1, 0.15) is 0 Å². The van der Waals surface area contributed by atoms with Gasteiger partial charge in [-0.2, -0.15) is 0 Å². The maximum absolute atomic E-state index is 12.3. The second-order valence-corrected chi connectivity index (χ2v) is 5.31. The number of piperidine rings is 1. The molecule has 0 aliphatic carbocycles. The monoisotopic (exact) mass is 277 g/mol. The van der Waals surface area contributed by atoms with Crippen molar-refractivity contribution < 1.29 is 14.6 Å². The van der Waals surface area contributed by atoms with Crippen LogP contribution in [0.3, 0.4) is 0 Å². The van der Waals surface area contributed by atoms with Crippen molar-refractivity contribution in [3.63, 3.8) is 0 Å². The van der Waals surface area contributed by atoms with Crippen LogP contribution in [0.5, 0.6) is 0 Å². The minimum Gasteiger partial charge on any atom is -0.394 e. The predicted molar refractivity (Wildman–Crippen MR) is 78.0 cm³/mol. The molecule has 0 unspecified atom stereocenters. The van der Waals surface area contributed by atoms with Gasteiger partial charge in [0.2, 0.25) is 0 Å². The highest BCUT2D eigenvalue weighted by Gasteiger charge is 2.21. The van der Waals surface area contributed by atoms with Crippen molar-refractivity contribution in [1.82, 2.24) is 4.90 Å². The summed E-state index contributed by atoms with van der Waals surface area (Å²) in [6.45, 7) is 4.71. The van der Waals surface area contributed by atoms with Gasteiger partial charge in [-0.15, -0.1) is 0 Å². The summed E-state index contributed by atoms with van der Waals surface area (Å²) in [6.07, 6.45) is 2.09. The smallest absolute Gasteiger partial charge is 0.177 e. The Kier molecular flexibility index (Phi) is 5.71. The molecule has 0 saturated carbocycles. The van der Waals surface area contributed by atoms with E-state index in [1.54, 1.807) is 0 Å². The van der Waals surface area contributed by atoms with Gasteiger partial charge in [-0.25, -0.2) is 0 Å². The summed E-state index contributed by atoms with van der Waals surface area (Å²) in [5.74, 6) is 0.192. The molecule has 2 rings (SSSR count). The van der Waals surface area contributed by atoms with E-state index in [4.69, 9.17) is 9.84 Å². The normalized spacial score (nSPS) is 17.3. The number of hydrogen-bond acceptors (Lipinski definition) is 4. The van der Waals surface area contributed by atoms with Crippen LogP contribution in [-0.2, 0) is 4.74 Å². The zero-order chi connectivity index (χ0) is 14.4. The fourth-order valence-electron chi connectivity index (χ4n) is 2.63. The van der Waals surface area contributed by atoms with Gasteiger partial charge in [-0.1, -0.05) is 24.3 Å². The highest BCUT2D eigenvalue weighted by atomic mass is 16.5. The van der Waals surface area contributed by atoms with Crippen LogP contribution in [0.4, 0.5) is 0 Å². The Bertz CT molecular complexity index is 439. The maximum atomic E-state index is 12.3. The number of ether oxygens (including phenoxy) is 1. The molecular formula is C16H23NO3. The lowest BCUT2D eigenvalue weighted by molar-refractivity contribution is -0.00689. The molecule has 1 fully saturated rings. The molecule has 1 aromatic carbocycles. The summed E-state index contributed by atoms with van der Waals surface area (Å²) in [5, 5.41) is 8.74. The molecule has 0 atom stereocenters. The lowest BCUT2D eigenvalue weighted by Crippen LogP contribution is -2.40. The molecule has 1 aliphatic heterocycles. The lowest BCUT2D eigenvalue weighted by atomic mass is 10.0. The molecule has 4 heteroatoms. The van der Waals surface area contributed by atoms with Crippen LogP contribution < -0.4 is 0 Å². The summed E-state index contributed by atoms with van der Waals surface area (Å²) in [7, 11) is 0. The van der Waals surface area contributed by atoms with E-state index in [2.05, 4.69) is 4.90 Å². The van der Waals surface area contributed by atoms with E-state index < -0.39 is 0 Å². The van der Waals surface area contributed by atoms with Crippen molar-refractivity contribution in [3.05, 3.63) is 35.4 Å². The molecule has 0 aromatic heterocycles. The van der Waals surface area contributed by atoms with Gasteiger partial charge in [0, 0.05) is 18.7 Å². The first kappa shape index (κ1) is 15.2. The van der Waals surface area contributed by atoms with Crippen LogP contribution in [0.25, 0.3) is 0 Å². The molecule has 1 aromatic rings. The first-order valence-electron chi connectivity index (χ1n) is 7.24. The number of hydrogen-bond donors (Lipinski definition) is 1. The van der Waals surface area contributed by atoms with Crippen LogP contribution in [0, 0.1) is 6.92 Å². The van der Waals surface area contributed by atoms with E-state index >= 15 is 0 Å². The molecule has 1 heterocycles. The Morgan fingerprint density at radius 1 is 1.35 bits per heavy atom. The molecule has 1 aliphatic rings. The van der Waals surface area contributed by atoms with E-state index in [0.29, 0.717) is 13.2 Å². The second-order valence-electron chi connectivity index (χ2n) is 5.31. The largest absolute Gasteiger partial charge is 0.394 e. The number of rotatable bonds is 6. The van der Waals surface area contributed by atoms with Gasteiger partial charge < -0.3 is 9.84 Å². The first-order valence-corrected chi connectivity index (χ1v) is 7.24. The number of aryl methyl sites for hydroxylation is 1. The standard InChI is InChI=1S/C16H23NO3/c1-13-4-2-3-5-15(13)16(19)12-17-8-6-14(7-9-17)20-11-10-18/h2-5,14,18H,6-12H2,1H3. The second kappa shape index (κ2) is 7.53. The average molecular weight is 277 g/mol. The number of carbonyl (C=O) groups excluding carboxylic acids is 1. The Balaban J connectivity index is 1.81. The highest BCUT2D eigenvalue weighted by molar-refractivity contribution is 5.98. The molecule has 110 valence electrons. The number of benzene rings is 1. The van der Waals surface area contributed by atoms with Crippen LogP contribution in [-0.4, -0.2) is 54.7 Å². The quantitative estimate of drug-likeness (QED) is 0.803. The third kappa shape index (κ3) is 4.13. The molecule has 0 amide bonds. The molecule has 1 saturated heterocycles. The minimum absolute atomic E-state index is 0.0754. The van der Waals surface area contributed by atoms with Crippen molar-refractivity contribution in [1.29, 1.82) is 0 Å². The van der Waals surface area contributed by atoms with Crippen LogP contribution >= 0.6 is 0 Å². The van der Waals surface area contributed by atoms with E-state index in [-0.39, 0.29) is 18.5 Å². The maximum Gasteiger partial charge on any atom is 0.177 e. The fourth-order valence-corrected chi connectivity index (χ4v) is 2.63. The van der Waals surface area contributed by atoms with Crippen molar-refractivity contribution in [2.24, 2.45) is 0 Å². The average Bonchev–Trinajstić information content (AvgIpc) is 2.47. The van der Waals surface area contributed by atoms with Gasteiger partial charge in [-0.3, -0.25) is 9.69 Å². The van der Waals surface area contributed by atoms with Crippen molar-refractivity contribution in [2.45, 2.75) is 25.9 Å². The number of aliphatic hydroxyl groups is 1. The summed E-state index contributed by atoms with van der Waals surface area (Å²) >= 11 is 0. The number of nitrogens with zero attached hydrogens (tertiary/aromatic N) is 1. The molecule has 20 heavy (non-hydrogen) atoms. The fraction of sp³-hybridized carbons (Fsp3) is 0.562. The third-order valence-electron chi connectivity index (χ3n) is 3.79. The zero-order valence-corrected chi connectivity index (χ0v) is 12.0. The van der Waals surface area contributed by atoms with Crippen LogP contribution in [0.2, 0.25) is 0 Å².